The molecule has 2 aromatic carbocycles. The first-order valence-corrected chi connectivity index (χ1v) is 8.41. The average molecular weight is 339 g/mol. The molecule has 1 unspecified atom stereocenters. The lowest BCUT2D eigenvalue weighted by Crippen LogP contribution is -2.14. The molecular formula is C20H22FN3O. The Morgan fingerprint density at radius 1 is 1.32 bits per heavy atom. The number of benzene rings is 2. The van der Waals surface area contributed by atoms with Gasteiger partial charge in [0.2, 0.25) is 0 Å². The summed E-state index contributed by atoms with van der Waals surface area (Å²) in [5.74, 6) is -0.314. The first-order chi connectivity index (χ1) is 12.1. The molecule has 1 atom stereocenters. The zero-order valence-electron chi connectivity index (χ0n) is 14.7. The van der Waals surface area contributed by atoms with Crippen molar-refractivity contribution in [2.75, 3.05) is 13.6 Å². The molecule has 0 fully saturated rings. The smallest absolute Gasteiger partial charge is 0.161 e. The van der Waals surface area contributed by atoms with Crippen LogP contribution in [0.1, 0.15) is 36.1 Å². The van der Waals surface area contributed by atoms with E-state index in [1.165, 1.54) is 6.07 Å². The van der Waals surface area contributed by atoms with Gasteiger partial charge < -0.3 is 9.74 Å². The van der Waals surface area contributed by atoms with Crippen LogP contribution < -0.4 is 0 Å². The largest absolute Gasteiger partial charge is 0.387 e. The Morgan fingerprint density at radius 3 is 2.80 bits per heavy atom. The van der Waals surface area contributed by atoms with Gasteiger partial charge in [0.05, 0.1) is 17.7 Å². The molecule has 1 aliphatic heterocycles. The van der Waals surface area contributed by atoms with Crippen molar-refractivity contribution >= 4 is 17.7 Å². The molecule has 25 heavy (non-hydrogen) atoms. The minimum Gasteiger partial charge on any atom is -0.387 e. The lowest BCUT2D eigenvalue weighted by Gasteiger charge is -2.13. The molecule has 2 aromatic rings. The van der Waals surface area contributed by atoms with Gasteiger partial charge in [-0.3, -0.25) is 0 Å². The van der Waals surface area contributed by atoms with Crippen molar-refractivity contribution in [2.45, 2.75) is 26.4 Å². The van der Waals surface area contributed by atoms with Crippen LogP contribution >= 0.6 is 0 Å². The summed E-state index contributed by atoms with van der Waals surface area (Å²) in [7, 11) is 1.93. The molecule has 0 spiro atoms. The van der Waals surface area contributed by atoms with Crippen molar-refractivity contribution in [1.29, 1.82) is 0 Å². The van der Waals surface area contributed by atoms with Crippen molar-refractivity contribution in [3.63, 3.8) is 0 Å². The monoisotopic (exact) mass is 339 g/mol. The lowest BCUT2D eigenvalue weighted by atomic mass is 9.98. The predicted octanol–water partition coefficient (Wildman–Crippen LogP) is 4.61. The van der Waals surface area contributed by atoms with E-state index in [9.17, 15) is 4.39 Å². The van der Waals surface area contributed by atoms with Crippen LogP contribution in [0.15, 0.2) is 52.6 Å². The number of hydrogen-bond acceptors (Lipinski definition) is 3. The summed E-state index contributed by atoms with van der Waals surface area (Å²) in [6.45, 7) is 4.80. The van der Waals surface area contributed by atoms with Crippen LogP contribution in [0.4, 0.5) is 10.1 Å². The van der Waals surface area contributed by atoms with Crippen molar-refractivity contribution in [2.24, 2.45) is 10.1 Å². The molecule has 0 saturated carbocycles. The Labute approximate surface area is 147 Å². The second-order valence-corrected chi connectivity index (χ2v) is 6.18. The molecule has 1 aliphatic rings. The third kappa shape index (κ3) is 3.87. The summed E-state index contributed by atoms with van der Waals surface area (Å²) in [6.07, 6.45) is 1.87. The van der Waals surface area contributed by atoms with Crippen LogP contribution in [-0.4, -0.2) is 30.5 Å². The van der Waals surface area contributed by atoms with Crippen LogP contribution in [0.25, 0.3) is 0 Å². The molecule has 5 heteroatoms. The summed E-state index contributed by atoms with van der Waals surface area (Å²) >= 11 is 0. The van der Waals surface area contributed by atoms with E-state index in [1.807, 2.05) is 62.2 Å². The molecular weight excluding hydrogens is 317 g/mol. The van der Waals surface area contributed by atoms with E-state index < -0.39 is 6.10 Å². The number of aryl methyl sites for hydroxylation is 1. The quantitative estimate of drug-likeness (QED) is 0.589. The topological polar surface area (TPSA) is 37.2 Å². The predicted molar refractivity (Wildman–Crippen MR) is 99.0 cm³/mol. The van der Waals surface area contributed by atoms with E-state index in [0.717, 1.165) is 23.4 Å². The molecule has 0 saturated heterocycles. The molecule has 0 amide bonds. The molecule has 3 rings (SSSR count). The highest BCUT2D eigenvalue weighted by atomic mass is 19.1. The maximum atomic E-state index is 14.6. The van der Waals surface area contributed by atoms with Gasteiger partial charge in [-0.15, -0.1) is 0 Å². The maximum Gasteiger partial charge on any atom is 0.161 e. The van der Waals surface area contributed by atoms with Crippen molar-refractivity contribution in [1.82, 2.24) is 4.90 Å². The van der Waals surface area contributed by atoms with Crippen molar-refractivity contribution in [3.8, 4) is 0 Å². The molecule has 130 valence electrons. The normalized spacial score (nSPS) is 16.8. The molecule has 0 aliphatic carbocycles. The SMILES string of the molecule is CCN(C)/C=N/c1cc(F)c(C2CC(c3ccccc3)=NO2)cc1C. The molecule has 0 aromatic heterocycles. The third-order valence-electron chi connectivity index (χ3n) is 4.33. The van der Waals surface area contributed by atoms with Crippen LogP contribution in [0, 0.1) is 12.7 Å². The summed E-state index contributed by atoms with van der Waals surface area (Å²) < 4.78 is 14.6. The van der Waals surface area contributed by atoms with Gasteiger partial charge in [0.25, 0.3) is 0 Å². The lowest BCUT2D eigenvalue weighted by molar-refractivity contribution is 0.0829. The van der Waals surface area contributed by atoms with Crippen LogP contribution in [0.3, 0.4) is 0 Å². The molecule has 0 bridgehead atoms. The van der Waals surface area contributed by atoms with Crippen molar-refractivity contribution < 1.29 is 9.23 Å². The molecule has 4 nitrogen and oxygen atoms in total. The molecule has 0 N–H and O–H groups in total. The Hall–Kier alpha value is -2.69. The van der Waals surface area contributed by atoms with Crippen LogP contribution in [-0.2, 0) is 4.84 Å². The third-order valence-corrected chi connectivity index (χ3v) is 4.33. The van der Waals surface area contributed by atoms with Crippen LogP contribution in [0.2, 0.25) is 0 Å². The average Bonchev–Trinajstić information content (AvgIpc) is 3.12. The van der Waals surface area contributed by atoms with E-state index in [1.54, 1.807) is 6.34 Å². The number of aliphatic imine (C=N–C) groups is 1. The van der Waals surface area contributed by atoms with Crippen LogP contribution in [0.5, 0.6) is 0 Å². The van der Waals surface area contributed by atoms with Gasteiger partial charge >= 0.3 is 0 Å². The maximum absolute atomic E-state index is 14.6. The number of hydrogen-bond donors (Lipinski definition) is 0. The fourth-order valence-corrected chi connectivity index (χ4v) is 2.67. The van der Waals surface area contributed by atoms with Gasteiger partial charge in [-0.1, -0.05) is 35.5 Å². The number of nitrogens with zero attached hydrogens (tertiary/aromatic N) is 3. The Morgan fingerprint density at radius 2 is 2.08 bits per heavy atom. The minimum absolute atomic E-state index is 0.314. The first-order valence-electron chi connectivity index (χ1n) is 8.41. The first kappa shape index (κ1) is 17.1. The van der Waals surface area contributed by atoms with E-state index >= 15 is 0 Å². The van der Waals surface area contributed by atoms with Gasteiger partial charge in [0.15, 0.2) is 6.10 Å². The second kappa shape index (κ2) is 7.47. The van der Waals surface area contributed by atoms with Gasteiger partial charge in [0, 0.05) is 31.6 Å². The van der Waals surface area contributed by atoms with Gasteiger partial charge in [-0.05, 0) is 31.0 Å². The van der Waals surface area contributed by atoms with E-state index in [0.29, 0.717) is 17.7 Å². The van der Waals surface area contributed by atoms with Gasteiger partial charge in [-0.2, -0.15) is 0 Å². The minimum atomic E-state index is -0.398. The Bertz CT molecular complexity index is 802. The van der Waals surface area contributed by atoms with E-state index in [2.05, 4.69) is 10.1 Å². The van der Waals surface area contributed by atoms with Gasteiger partial charge in [-0.25, -0.2) is 9.38 Å². The highest BCUT2D eigenvalue weighted by Gasteiger charge is 2.27. The summed E-state index contributed by atoms with van der Waals surface area (Å²) in [4.78, 5) is 11.8. The second-order valence-electron chi connectivity index (χ2n) is 6.18. The highest BCUT2D eigenvalue weighted by molar-refractivity contribution is 6.01. The zero-order chi connectivity index (χ0) is 17.8. The Balaban J connectivity index is 1.78. The number of halogens is 1. The number of oxime groups is 1. The summed E-state index contributed by atoms with van der Waals surface area (Å²) in [6, 6.07) is 13.1. The van der Waals surface area contributed by atoms with Crippen molar-refractivity contribution in [3.05, 3.63) is 65.0 Å². The molecule has 0 radical (unpaired) electrons. The van der Waals surface area contributed by atoms with Gasteiger partial charge in [0.1, 0.15) is 5.82 Å². The standard InChI is InChI=1S/C20H22FN3O/c1-4-24(3)13-22-18-11-17(21)16(10-14(18)2)20-12-19(23-25-20)15-8-6-5-7-9-15/h5-11,13,20H,4,12H2,1-3H3/b22-13+. The summed E-state index contributed by atoms with van der Waals surface area (Å²) in [5, 5.41) is 4.14. The fraction of sp³-hybridized carbons (Fsp3) is 0.300. The summed E-state index contributed by atoms with van der Waals surface area (Å²) in [5.41, 5.74) is 3.91. The highest BCUT2D eigenvalue weighted by Crippen LogP contribution is 2.34. The fourth-order valence-electron chi connectivity index (χ4n) is 2.67. The Kier molecular flexibility index (Phi) is 5.12. The van der Waals surface area contributed by atoms with E-state index in [4.69, 9.17) is 4.84 Å². The van der Waals surface area contributed by atoms with E-state index in [-0.39, 0.29) is 5.82 Å². The number of rotatable bonds is 5. The molecule has 1 heterocycles. The zero-order valence-corrected chi connectivity index (χ0v) is 14.7.